The molecule has 178 valence electrons. The number of piperazine rings is 1. The van der Waals surface area contributed by atoms with E-state index in [4.69, 9.17) is 21.7 Å². The molecule has 1 aliphatic heterocycles. The summed E-state index contributed by atoms with van der Waals surface area (Å²) in [6.45, 7) is 5.67. The van der Waals surface area contributed by atoms with Crippen molar-refractivity contribution in [2.75, 3.05) is 50.1 Å². The van der Waals surface area contributed by atoms with Gasteiger partial charge in [0.1, 0.15) is 10.8 Å². The van der Waals surface area contributed by atoms with Gasteiger partial charge in [-0.15, -0.1) is 11.3 Å². The van der Waals surface area contributed by atoms with E-state index in [1.54, 1.807) is 18.4 Å². The van der Waals surface area contributed by atoms with Crippen molar-refractivity contribution in [2.45, 2.75) is 45.4 Å². The number of thiophene rings is 1. The van der Waals surface area contributed by atoms with Crippen LogP contribution in [0.15, 0.2) is 24.3 Å². The number of ether oxygens (including phenoxy) is 2. The molecule has 0 amide bonds. The van der Waals surface area contributed by atoms with E-state index in [0.29, 0.717) is 17.3 Å². The highest BCUT2D eigenvalue weighted by Crippen LogP contribution is 2.38. The van der Waals surface area contributed by atoms with Crippen LogP contribution in [0.2, 0.25) is 0 Å². The maximum Gasteiger partial charge on any atom is 0.341 e. The molecule has 1 aliphatic carbocycles. The molecule has 6 nitrogen and oxygen atoms in total. The fourth-order valence-electron chi connectivity index (χ4n) is 4.56. The van der Waals surface area contributed by atoms with Crippen molar-refractivity contribution >= 4 is 45.3 Å². The van der Waals surface area contributed by atoms with Crippen molar-refractivity contribution in [3.63, 3.8) is 0 Å². The van der Waals surface area contributed by atoms with Gasteiger partial charge >= 0.3 is 5.97 Å². The van der Waals surface area contributed by atoms with Crippen LogP contribution in [0.5, 0.6) is 5.75 Å². The number of benzene rings is 1. The third kappa shape index (κ3) is 5.61. The Hall–Kier alpha value is -2.32. The zero-order chi connectivity index (χ0) is 23.2. The molecule has 0 radical (unpaired) electrons. The molecule has 1 aromatic carbocycles. The molecule has 0 bridgehead atoms. The molecule has 0 saturated carbocycles. The number of methoxy groups -OCH3 is 1. The van der Waals surface area contributed by atoms with Gasteiger partial charge in [-0.1, -0.05) is 12.8 Å². The van der Waals surface area contributed by atoms with E-state index in [0.717, 1.165) is 56.2 Å². The Bertz CT molecular complexity index is 966. The molecule has 1 N–H and O–H groups in total. The molecule has 4 rings (SSSR count). The van der Waals surface area contributed by atoms with Crippen LogP contribution in [-0.4, -0.2) is 55.9 Å². The average Bonchev–Trinajstić information content (AvgIpc) is 3.15. The first-order valence-corrected chi connectivity index (χ1v) is 13.1. The first-order chi connectivity index (χ1) is 16.1. The third-order valence-corrected chi connectivity index (χ3v) is 7.94. The van der Waals surface area contributed by atoms with Crippen LogP contribution in [-0.2, 0) is 17.6 Å². The lowest BCUT2D eigenvalue weighted by atomic mass is 9.96. The summed E-state index contributed by atoms with van der Waals surface area (Å²) in [5.41, 5.74) is 3.07. The summed E-state index contributed by atoms with van der Waals surface area (Å²) in [4.78, 5) is 18.7. The van der Waals surface area contributed by atoms with E-state index in [-0.39, 0.29) is 5.97 Å². The second-order valence-electron chi connectivity index (χ2n) is 8.44. The number of rotatable bonds is 5. The number of nitrogens with one attached hydrogen (secondary N) is 1. The molecule has 0 spiro atoms. The molecular formula is C25H33N3O3S2. The first kappa shape index (κ1) is 23.8. The van der Waals surface area contributed by atoms with Gasteiger partial charge in [0, 0.05) is 36.7 Å². The van der Waals surface area contributed by atoms with E-state index in [2.05, 4.69) is 27.2 Å². The van der Waals surface area contributed by atoms with Crippen LogP contribution in [0.4, 0.5) is 10.7 Å². The number of fused-ring (bicyclic) bond motifs is 1. The maximum absolute atomic E-state index is 12.9. The fraction of sp³-hybridized carbons (Fsp3) is 0.520. The van der Waals surface area contributed by atoms with Gasteiger partial charge in [-0.3, -0.25) is 0 Å². The number of hydrogen-bond acceptors (Lipinski definition) is 6. The minimum Gasteiger partial charge on any atom is -0.497 e. The second kappa shape index (κ2) is 11.2. The van der Waals surface area contributed by atoms with Gasteiger partial charge in [0.25, 0.3) is 0 Å². The topological polar surface area (TPSA) is 54.0 Å². The smallest absolute Gasteiger partial charge is 0.341 e. The number of carbonyl (C=O) groups is 1. The standard InChI is InChI=1S/C25H33N3O3S2/c1-3-31-24(29)22-20-8-6-4-5-7-9-21(20)33-23(22)26-25(32)28-16-14-27(15-17-28)18-10-12-19(30-2)13-11-18/h10-13H,3-9,14-17H2,1-2H3,(H,26,32). The zero-order valence-electron chi connectivity index (χ0n) is 19.5. The third-order valence-electron chi connectivity index (χ3n) is 6.38. The molecule has 8 heteroatoms. The minimum absolute atomic E-state index is 0.231. The monoisotopic (exact) mass is 487 g/mol. The second-order valence-corrected chi connectivity index (χ2v) is 9.94. The highest BCUT2D eigenvalue weighted by Gasteiger charge is 2.27. The zero-order valence-corrected chi connectivity index (χ0v) is 21.2. The lowest BCUT2D eigenvalue weighted by Crippen LogP contribution is -2.50. The van der Waals surface area contributed by atoms with Gasteiger partial charge in [-0.25, -0.2) is 4.79 Å². The molecule has 2 aromatic rings. The Balaban J connectivity index is 1.44. The molecule has 33 heavy (non-hydrogen) atoms. The van der Waals surface area contributed by atoms with Crippen LogP contribution in [0.1, 0.15) is 53.4 Å². The highest BCUT2D eigenvalue weighted by molar-refractivity contribution is 7.80. The molecule has 0 unspecified atom stereocenters. The summed E-state index contributed by atoms with van der Waals surface area (Å²) >= 11 is 7.47. The molecule has 1 saturated heterocycles. The SMILES string of the molecule is CCOC(=O)c1c(NC(=S)N2CCN(c3ccc(OC)cc3)CC2)sc2c1CCCCCC2. The Labute approximate surface area is 205 Å². The number of thiocarbonyl (C=S) groups is 1. The van der Waals surface area contributed by atoms with E-state index in [9.17, 15) is 4.79 Å². The van der Waals surface area contributed by atoms with Gasteiger partial charge in [-0.05, 0) is 74.7 Å². The number of esters is 1. The van der Waals surface area contributed by atoms with Crippen molar-refractivity contribution in [1.82, 2.24) is 4.90 Å². The number of hydrogen-bond donors (Lipinski definition) is 1. The van der Waals surface area contributed by atoms with E-state index < -0.39 is 0 Å². The van der Waals surface area contributed by atoms with Crippen molar-refractivity contribution in [2.24, 2.45) is 0 Å². The minimum atomic E-state index is -0.231. The quantitative estimate of drug-likeness (QED) is 0.464. The van der Waals surface area contributed by atoms with Crippen LogP contribution in [0.3, 0.4) is 0 Å². The van der Waals surface area contributed by atoms with Gasteiger partial charge in [0.15, 0.2) is 5.11 Å². The summed E-state index contributed by atoms with van der Waals surface area (Å²) in [5.74, 6) is 0.635. The van der Waals surface area contributed by atoms with Crippen molar-refractivity contribution in [1.29, 1.82) is 0 Å². The van der Waals surface area contributed by atoms with E-state index >= 15 is 0 Å². The van der Waals surface area contributed by atoms with Gasteiger partial charge in [-0.2, -0.15) is 0 Å². The van der Waals surface area contributed by atoms with Crippen LogP contribution >= 0.6 is 23.6 Å². The molecular weight excluding hydrogens is 454 g/mol. The molecule has 0 atom stereocenters. The van der Waals surface area contributed by atoms with Gasteiger partial charge < -0.3 is 24.6 Å². The summed E-state index contributed by atoms with van der Waals surface area (Å²) in [6, 6.07) is 8.18. The Morgan fingerprint density at radius 2 is 1.76 bits per heavy atom. The lowest BCUT2D eigenvalue weighted by molar-refractivity contribution is 0.0526. The molecule has 1 fully saturated rings. The molecule has 2 aliphatic rings. The van der Waals surface area contributed by atoms with Crippen molar-refractivity contribution in [3.05, 3.63) is 40.3 Å². The Morgan fingerprint density at radius 3 is 2.42 bits per heavy atom. The predicted molar refractivity (Wildman–Crippen MR) is 139 cm³/mol. The summed E-state index contributed by atoms with van der Waals surface area (Å²) < 4.78 is 10.7. The normalized spacial score (nSPS) is 16.4. The lowest BCUT2D eigenvalue weighted by Gasteiger charge is -2.37. The van der Waals surface area contributed by atoms with Crippen LogP contribution in [0.25, 0.3) is 0 Å². The summed E-state index contributed by atoms with van der Waals surface area (Å²) in [7, 11) is 1.68. The Kier molecular flexibility index (Phi) is 8.09. The number of nitrogens with zero attached hydrogens (tertiary/aromatic N) is 2. The highest BCUT2D eigenvalue weighted by atomic mass is 32.1. The maximum atomic E-state index is 12.9. The fourth-order valence-corrected chi connectivity index (χ4v) is 6.19. The van der Waals surface area contributed by atoms with Crippen LogP contribution in [0, 0.1) is 0 Å². The summed E-state index contributed by atoms with van der Waals surface area (Å²) in [5, 5.41) is 4.96. The number of aryl methyl sites for hydroxylation is 1. The van der Waals surface area contributed by atoms with E-state index in [1.807, 2.05) is 19.1 Å². The van der Waals surface area contributed by atoms with E-state index in [1.165, 1.54) is 35.4 Å². The largest absolute Gasteiger partial charge is 0.497 e. The van der Waals surface area contributed by atoms with Crippen LogP contribution < -0.4 is 15.0 Å². The van der Waals surface area contributed by atoms with Crippen molar-refractivity contribution in [3.8, 4) is 5.75 Å². The molecule has 2 heterocycles. The van der Waals surface area contributed by atoms with Crippen molar-refractivity contribution < 1.29 is 14.3 Å². The number of anilines is 2. The average molecular weight is 488 g/mol. The summed E-state index contributed by atoms with van der Waals surface area (Å²) in [6.07, 6.45) is 6.74. The number of carbonyl (C=O) groups excluding carboxylic acids is 1. The first-order valence-electron chi connectivity index (χ1n) is 11.9. The Morgan fingerprint density at radius 1 is 1.06 bits per heavy atom. The molecule has 1 aromatic heterocycles. The predicted octanol–water partition coefficient (Wildman–Crippen LogP) is 5.11. The van der Waals surface area contributed by atoms with Gasteiger partial charge in [0.05, 0.1) is 19.3 Å². The van der Waals surface area contributed by atoms with Gasteiger partial charge in [0.2, 0.25) is 0 Å².